The van der Waals surface area contributed by atoms with Gasteiger partial charge in [0.1, 0.15) is 5.69 Å². The van der Waals surface area contributed by atoms with Crippen LogP contribution >= 0.6 is 11.3 Å². The monoisotopic (exact) mass is 454 g/mol. The maximum Gasteiger partial charge on any atom is 0.295 e. The zero-order valence-corrected chi connectivity index (χ0v) is 21.4. The third-order valence-electron chi connectivity index (χ3n) is 6.66. The van der Waals surface area contributed by atoms with Crippen LogP contribution in [0.3, 0.4) is 0 Å². The van der Waals surface area contributed by atoms with E-state index in [9.17, 15) is 0 Å². The molecule has 0 amide bonds. The van der Waals surface area contributed by atoms with Gasteiger partial charge in [-0.1, -0.05) is 58.0 Å². The molecule has 0 spiro atoms. The molecule has 3 aromatic carbocycles. The lowest BCUT2D eigenvalue weighted by Crippen LogP contribution is -2.30. The summed E-state index contributed by atoms with van der Waals surface area (Å²) in [5, 5.41) is 1.11. The molecular formula is C29H32N3S+. The van der Waals surface area contributed by atoms with Crippen molar-refractivity contribution in [3.8, 4) is 17.1 Å². The van der Waals surface area contributed by atoms with Crippen LogP contribution in [0.2, 0.25) is 0 Å². The number of nitrogens with zero attached hydrogens (tertiary/aromatic N) is 3. The molecule has 0 radical (unpaired) electrons. The molecule has 33 heavy (non-hydrogen) atoms. The molecule has 0 fully saturated rings. The molecule has 2 heterocycles. The van der Waals surface area contributed by atoms with E-state index in [0.717, 1.165) is 10.5 Å². The third-order valence-corrected chi connectivity index (χ3v) is 7.60. The fourth-order valence-corrected chi connectivity index (χ4v) is 5.90. The maximum atomic E-state index is 4.73. The Morgan fingerprint density at radius 1 is 0.879 bits per heavy atom. The molecule has 2 aromatic heterocycles. The number of thiazole rings is 1. The third kappa shape index (κ3) is 3.48. The Kier molecular flexibility index (Phi) is 5.37. The molecule has 0 saturated heterocycles. The van der Waals surface area contributed by atoms with E-state index in [0.29, 0.717) is 11.8 Å². The molecule has 168 valence electrons. The first-order valence-corrected chi connectivity index (χ1v) is 12.6. The van der Waals surface area contributed by atoms with E-state index in [-0.39, 0.29) is 0 Å². The summed E-state index contributed by atoms with van der Waals surface area (Å²) in [5.74, 6) is 2.06. The fraction of sp³-hybridized carbons (Fsp3) is 0.310. The lowest BCUT2D eigenvalue weighted by Gasteiger charge is -2.18. The van der Waals surface area contributed by atoms with Gasteiger partial charge in [0.25, 0.3) is 5.82 Å². The first-order valence-electron chi connectivity index (χ1n) is 11.8. The molecule has 5 rings (SSSR count). The SMILES string of the molecule is Cc1nc2cc(C)c(-c3n(-c4c(C(C)C)cccc4C(C)C)c4ccccc4[n+]3C)cc2s1. The Bertz CT molecular complexity index is 1470. The van der Waals surface area contributed by atoms with Crippen LogP contribution < -0.4 is 4.57 Å². The average Bonchev–Trinajstić information content (AvgIpc) is 3.28. The smallest absolute Gasteiger partial charge is 0.242 e. The summed E-state index contributed by atoms with van der Waals surface area (Å²) >= 11 is 1.77. The Balaban J connectivity index is 1.96. The highest BCUT2D eigenvalue weighted by molar-refractivity contribution is 7.18. The maximum absolute atomic E-state index is 4.73. The van der Waals surface area contributed by atoms with Gasteiger partial charge < -0.3 is 0 Å². The second-order valence-electron chi connectivity index (χ2n) is 9.67. The van der Waals surface area contributed by atoms with Gasteiger partial charge in [0.2, 0.25) is 0 Å². The van der Waals surface area contributed by atoms with Gasteiger partial charge in [0, 0.05) is 11.1 Å². The van der Waals surface area contributed by atoms with Gasteiger partial charge in [-0.05, 0) is 55.5 Å². The number of fused-ring (bicyclic) bond motifs is 2. The summed E-state index contributed by atoms with van der Waals surface area (Å²) in [5.41, 5.74) is 10.2. The molecule has 4 heteroatoms. The molecular weight excluding hydrogens is 422 g/mol. The molecule has 0 aliphatic rings. The van der Waals surface area contributed by atoms with Crippen LogP contribution in [0.25, 0.3) is 38.3 Å². The van der Waals surface area contributed by atoms with E-state index in [2.05, 4.69) is 112 Å². The number of aromatic nitrogens is 3. The molecule has 0 N–H and O–H groups in total. The van der Waals surface area contributed by atoms with Gasteiger partial charge in [-0.25, -0.2) is 9.55 Å². The Morgan fingerprint density at radius 2 is 1.55 bits per heavy atom. The van der Waals surface area contributed by atoms with Crippen LogP contribution in [-0.4, -0.2) is 9.55 Å². The quantitative estimate of drug-likeness (QED) is 0.256. The fourth-order valence-electron chi connectivity index (χ4n) is 5.05. The van der Waals surface area contributed by atoms with Gasteiger partial charge in [-0.15, -0.1) is 11.3 Å². The van der Waals surface area contributed by atoms with Crippen molar-refractivity contribution in [1.82, 2.24) is 9.55 Å². The normalized spacial score (nSPS) is 12.0. The molecule has 5 aromatic rings. The molecule has 0 saturated carbocycles. The largest absolute Gasteiger partial charge is 0.295 e. The highest BCUT2D eigenvalue weighted by Crippen LogP contribution is 2.38. The van der Waals surface area contributed by atoms with Crippen molar-refractivity contribution in [1.29, 1.82) is 0 Å². The van der Waals surface area contributed by atoms with Gasteiger partial charge in [-0.2, -0.15) is 4.57 Å². The first kappa shape index (κ1) is 21.8. The van der Waals surface area contributed by atoms with Crippen molar-refractivity contribution < 1.29 is 4.57 Å². The van der Waals surface area contributed by atoms with Crippen LogP contribution in [0.15, 0.2) is 54.6 Å². The number of aryl methyl sites for hydroxylation is 3. The van der Waals surface area contributed by atoms with Crippen LogP contribution in [0.1, 0.15) is 61.2 Å². The Labute approximate surface area is 200 Å². The number of benzene rings is 3. The highest BCUT2D eigenvalue weighted by Gasteiger charge is 2.31. The van der Waals surface area contributed by atoms with E-state index >= 15 is 0 Å². The van der Waals surface area contributed by atoms with Crippen molar-refractivity contribution >= 4 is 32.6 Å². The van der Waals surface area contributed by atoms with E-state index in [1.165, 1.54) is 49.5 Å². The van der Waals surface area contributed by atoms with E-state index in [4.69, 9.17) is 4.98 Å². The predicted octanol–water partition coefficient (Wildman–Crippen LogP) is 7.60. The zero-order valence-electron chi connectivity index (χ0n) is 20.6. The molecule has 0 aliphatic carbocycles. The van der Waals surface area contributed by atoms with Crippen molar-refractivity contribution in [2.24, 2.45) is 7.05 Å². The van der Waals surface area contributed by atoms with Crippen molar-refractivity contribution in [2.75, 3.05) is 0 Å². The minimum atomic E-state index is 0.422. The minimum Gasteiger partial charge on any atom is -0.242 e. The second-order valence-corrected chi connectivity index (χ2v) is 10.9. The Hall–Kier alpha value is -2.98. The average molecular weight is 455 g/mol. The van der Waals surface area contributed by atoms with Crippen LogP contribution in [0, 0.1) is 13.8 Å². The topological polar surface area (TPSA) is 21.7 Å². The number of rotatable bonds is 4. The molecule has 3 nitrogen and oxygen atoms in total. The van der Waals surface area contributed by atoms with E-state index in [1.807, 2.05) is 0 Å². The molecule has 0 bridgehead atoms. The van der Waals surface area contributed by atoms with Crippen molar-refractivity contribution in [2.45, 2.75) is 53.4 Å². The predicted molar refractivity (Wildman–Crippen MR) is 141 cm³/mol. The van der Waals surface area contributed by atoms with Gasteiger partial charge >= 0.3 is 0 Å². The summed E-state index contributed by atoms with van der Waals surface area (Å²) in [6, 6.07) is 20.2. The molecule has 0 unspecified atom stereocenters. The van der Waals surface area contributed by atoms with Crippen molar-refractivity contribution in [3.63, 3.8) is 0 Å². The first-order chi connectivity index (χ1) is 15.8. The highest BCUT2D eigenvalue weighted by atomic mass is 32.1. The lowest BCUT2D eigenvalue weighted by atomic mass is 9.92. The minimum absolute atomic E-state index is 0.422. The summed E-state index contributed by atoms with van der Waals surface area (Å²) in [4.78, 5) is 4.73. The summed E-state index contributed by atoms with van der Waals surface area (Å²) < 4.78 is 6.12. The number of imidazole rings is 1. The molecule has 0 aliphatic heterocycles. The van der Waals surface area contributed by atoms with E-state index < -0.39 is 0 Å². The van der Waals surface area contributed by atoms with Gasteiger partial charge in [0.05, 0.1) is 27.8 Å². The van der Waals surface area contributed by atoms with Crippen LogP contribution in [0.4, 0.5) is 0 Å². The standard InChI is InChI=1S/C29H32N3S/c1-17(2)21-11-10-12-22(18(3)4)28(21)32-26-14-9-8-13-25(26)31(7)29(32)23-16-27-24(15-19(23)5)30-20(6)33-27/h8-18H,1-7H3/q+1. The summed E-state index contributed by atoms with van der Waals surface area (Å²) in [6.45, 7) is 13.5. The molecule has 0 atom stereocenters. The zero-order chi connectivity index (χ0) is 23.4. The number of hydrogen-bond donors (Lipinski definition) is 0. The van der Waals surface area contributed by atoms with Crippen molar-refractivity contribution in [3.05, 3.63) is 76.3 Å². The van der Waals surface area contributed by atoms with E-state index in [1.54, 1.807) is 11.3 Å². The number of para-hydroxylation sites is 3. The van der Waals surface area contributed by atoms with Crippen LogP contribution in [-0.2, 0) is 7.05 Å². The number of hydrogen-bond acceptors (Lipinski definition) is 2. The second kappa shape index (κ2) is 8.11. The van der Waals surface area contributed by atoms with Gasteiger partial charge in [0.15, 0.2) is 11.0 Å². The Morgan fingerprint density at radius 3 is 2.21 bits per heavy atom. The lowest BCUT2D eigenvalue weighted by molar-refractivity contribution is -0.633. The van der Waals surface area contributed by atoms with Gasteiger partial charge in [-0.3, -0.25) is 0 Å². The summed E-state index contributed by atoms with van der Waals surface area (Å²) in [6.07, 6.45) is 0. The van der Waals surface area contributed by atoms with Crippen LogP contribution in [0.5, 0.6) is 0 Å². The summed E-state index contributed by atoms with van der Waals surface area (Å²) in [7, 11) is 2.20.